The Morgan fingerprint density at radius 3 is 2.27 bits per heavy atom. The minimum Gasteiger partial charge on any atom is -0.298 e. The molecule has 1 nitrogen and oxygen atoms in total. The molecule has 0 aliphatic carbocycles. The molecule has 0 spiro atoms. The van der Waals surface area contributed by atoms with Crippen LogP contribution in [-0.4, -0.2) is 6.29 Å². The Bertz CT molecular complexity index is 299. The molecule has 0 saturated heterocycles. The molecule has 0 aromatic heterocycles. The van der Waals surface area contributed by atoms with E-state index in [2.05, 4.69) is 0 Å². The van der Waals surface area contributed by atoms with Gasteiger partial charge in [-0.1, -0.05) is 11.6 Å². The molecule has 1 aromatic rings. The third-order valence-corrected chi connectivity index (χ3v) is 1.58. The molecule has 0 saturated carbocycles. The van der Waals surface area contributed by atoms with Gasteiger partial charge in [0, 0.05) is 0 Å². The third-order valence-electron chi connectivity index (χ3n) is 1.20. The summed E-state index contributed by atoms with van der Waals surface area (Å²) < 4.78 is 25.0. The second-order valence-electron chi connectivity index (χ2n) is 1.87. The summed E-state index contributed by atoms with van der Waals surface area (Å²) in [6.07, 6.45) is 0.181. The van der Waals surface area contributed by atoms with E-state index in [1.54, 1.807) is 0 Å². The zero-order chi connectivity index (χ0) is 8.43. The lowest BCUT2D eigenvalue weighted by atomic mass is 10.2. The topological polar surface area (TPSA) is 17.1 Å². The van der Waals surface area contributed by atoms with E-state index >= 15 is 0 Å². The first-order valence-corrected chi connectivity index (χ1v) is 3.13. The highest BCUT2D eigenvalue weighted by Crippen LogP contribution is 2.20. The van der Waals surface area contributed by atoms with Crippen LogP contribution in [0.5, 0.6) is 0 Å². The van der Waals surface area contributed by atoms with Crippen molar-refractivity contribution in [3.8, 4) is 0 Å². The number of halogens is 3. The van der Waals surface area contributed by atoms with Gasteiger partial charge in [0.15, 0.2) is 6.29 Å². The van der Waals surface area contributed by atoms with E-state index in [9.17, 15) is 13.6 Å². The van der Waals surface area contributed by atoms with Crippen molar-refractivity contribution in [1.29, 1.82) is 0 Å². The zero-order valence-corrected chi connectivity index (χ0v) is 6.03. The largest absolute Gasteiger partial charge is 0.298 e. The van der Waals surface area contributed by atoms with Crippen molar-refractivity contribution in [2.45, 2.75) is 0 Å². The fraction of sp³-hybridized carbons (Fsp3) is 0. The number of benzene rings is 1. The van der Waals surface area contributed by atoms with Crippen molar-refractivity contribution in [3.05, 3.63) is 34.4 Å². The lowest BCUT2D eigenvalue weighted by Gasteiger charge is -1.97. The van der Waals surface area contributed by atoms with Gasteiger partial charge in [-0.05, 0) is 12.1 Å². The fourth-order valence-electron chi connectivity index (χ4n) is 0.651. The minimum atomic E-state index is -0.814. The predicted molar refractivity (Wildman–Crippen MR) is 36.8 cm³/mol. The van der Waals surface area contributed by atoms with Gasteiger partial charge in [0.05, 0.1) is 10.6 Å². The Kier molecular flexibility index (Phi) is 2.19. The molecular weight excluding hydrogens is 174 g/mol. The summed E-state index contributed by atoms with van der Waals surface area (Å²) in [7, 11) is 0. The molecule has 0 unspecified atom stereocenters. The van der Waals surface area contributed by atoms with E-state index in [1.807, 2.05) is 0 Å². The van der Waals surface area contributed by atoms with Gasteiger partial charge in [0.2, 0.25) is 0 Å². The molecule has 0 N–H and O–H groups in total. The van der Waals surface area contributed by atoms with E-state index in [0.29, 0.717) is 0 Å². The molecule has 58 valence electrons. The quantitative estimate of drug-likeness (QED) is 0.475. The van der Waals surface area contributed by atoms with Crippen molar-refractivity contribution in [1.82, 2.24) is 0 Å². The number of carbonyl (C=O) groups is 1. The van der Waals surface area contributed by atoms with Crippen LogP contribution in [0.1, 0.15) is 10.4 Å². The molecule has 0 radical (unpaired) electrons. The van der Waals surface area contributed by atoms with Crippen molar-refractivity contribution in [2.75, 3.05) is 0 Å². The number of hydrogen-bond donors (Lipinski definition) is 0. The number of carbonyl (C=O) groups excluding carboxylic acids is 1. The third kappa shape index (κ3) is 1.38. The first-order valence-electron chi connectivity index (χ1n) is 2.75. The Morgan fingerprint density at radius 1 is 1.27 bits per heavy atom. The average molecular weight is 177 g/mol. The summed E-state index contributed by atoms with van der Waals surface area (Å²) in [4.78, 5) is 10.1. The summed E-state index contributed by atoms with van der Waals surface area (Å²) in [6, 6.07) is 1.72. The van der Waals surface area contributed by atoms with Crippen LogP contribution in [-0.2, 0) is 0 Å². The highest BCUT2D eigenvalue weighted by Gasteiger charge is 2.09. The van der Waals surface area contributed by atoms with Gasteiger partial charge in [-0.15, -0.1) is 0 Å². The van der Waals surface area contributed by atoms with Crippen LogP contribution in [0.25, 0.3) is 0 Å². The van der Waals surface area contributed by atoms with Crippen LogP contribution in [0.3, 0.4) is 0 Å². The van der Waals surface area contributed by atoms with Crippen LogP contribution < -0.4 is 0 Å². The van der Waals surface area contributed by atoms with Crippen molar-refractivity contribution >= 4 is 17.9 Å². The second kappa shape index (κ2) is 2.96. The molecule has 0 heterocycles. The minimum absolute atomic E-state index is 0.181. The Balaban J connectivity index is 3.40. The van der Waals surface area contributed by atoms with Crippen LogP contribution in [0, 0.1) is 11.6 Å². The van der Waals surface area contributed by atoms with Crippen LogP contribution in [0.4, 0.5) is 8.78 Å². The van der Waals surface area contributed by atoms with Gasteiger partial charge >= 0.3 is 0 Å². The Hall–Kier alpha value is -0.960. The maximum Gasteiger partial charge on any atom is 0.154 e. The summed E-state index contributed by atoms with van der Waals surface area (Å²) in [6.45, 7) is 0. The molecule has 11 heavy (non-hydrogen) atoms. The lowest BCUT2D eigenvalue weighted by molar-refractivity contribution is 0.111. The fourth-order valence-corrected chi connectivity index (χ4v) is 0.849. The van der Waals surface area contributed by atoms with Gasteiger partial charge in [-0.25, -0.2) is 8.78 Å². The molecule has 4 heteroatoms. The highest BCUT2D eigenvalue weighted by atomic mass is 35.5. The normalized spacial score (nSPS) is 9.73. The lowest BCUT2D eigenvalue weighted by Crippen LogP contribution is -1.91. The van der Waals surface area contributed by atoms with E-state index in [0.717, 1.165) is 12.1 Å². The second-order valence-corrected chi connectivity index (χ2v) is 2.25. The Morgan fingerprint density at radius 2 is 1.82 bits per heavy atom. The van der Waals surface area contributed by atoms with E-state index in [1.165, 1.54) is 0 Å². The van der Waals surface area contributed by atoms with Gasteiger partial charge in [0.1, 0.15) is 11.6 Å². The highest BCUT2D eigenvalue weighted by molar-refractivity contribution is 6.33. The SMILES string of the molecule is O=Cc1c(F)ccc(F)c1Cl. The number of aldehydes is 1. The first kappa shape index (κ1) is 8.14. The van der Waals surface area contributed by atoms with Gasteiger partial charge < -0.3 is 0 Å². The van der Waals surface area contributed by atoms with Crippen LogP contribution >= 0.6 is 11.6 Å². The molecule has 0 fully saturated rings. The average Bonchev–Trinajstić information content (AvgIpc) is 1.99. The van der Waals surface area contributed by atoms with Gasteiger partial charge in [-0.2, -0.15) is 0 Å². The van der Waals surface area contributed by atoms with Gasteiger partial charge in [-0.3, -0.25) is 4.79 Å². The van der Waals surface area contributed by atoms with Crippen LogP contribution in [0.15, 0.2) is 12.1 Å². The van der Waals surface area contributed by atoms with Gasteiger partial charge in [0.25, 0.3) is 0 Å². The number of rotatable bonds is 1. The van der Waals surface area contributed by atoms with E-state index in [4.69, 9.17) is 11.6 Å². The first-order chi connectivity index (χ1) is 5.16. The molecule has 0 atom stereocenters. The Labute approximate surface area is 66.6 Å². The van der Waals surface area contributed by atoms with Crippen molar-refractivity contribution in [2.24, 2.45) is 0 Å². The predicted octanol–water partition coefficient (Wildman–Crippen LogP) is 2.43. The number of hydrogen-bond acceptors (Lipinski definition) is 1. The van der Waals surface area contributed by atoms with Crippen LogP contribution in [0.2, 0.25) is 5.02 Å². The summed E-state index contributed by atoms with van der Waals surface area (Å²) in [5, 5.41) is -0.472. The van der Waals surface area contributed by atoms with Crippen molar-refractivity contribution < 1.29 is 13.6 Å². The van der Waals surface area contributed by atoms with E-state index < -0.39 is 22.2 Å². The summed E-state index contributed by atoms with van der Waals surface area (Å²) in [5.74, 6) is -1.61. The summed E-state index contributed by atoms with van der Waals surface area (Å²) >= 11 is 5.25. The molecule has 1 rings (SSSR count). The molecule has 1 aromatic carbocycles. The standard InChI is InChI=1S/C7H3ClF2O/c8-7-4(3-11)5(9)1-2-6(7)10/h1-3H. The maximum atomic E-state index is 12.5. The van der Waals surface area contributed by atoms with E-state index in [-0.39, 0.29) is 6.29 Å². The van der Waals surface area contributed by atoms with Crippen molar-refractivity contribution in [3.63, 3.8) is 0 Å². The molecular formula is C7H3ClF2O. The molecule has 0 aliphatic rings. The molecule has 0 aliphatic heterocycles. The smallest absolute Gasteiger partial charge is 0.154 e. The monoisotopic (exact) mass is 176 g/mol. The maximum absolute atomic E-state index is 12.5. The zero-order valence-electron chi connectivity index (χ0n) is 5.27. The molecule has 0 amide bonds. The summed E-state index contributed by atoms with van der Waals surface area (Å²) in [5.41, 5.74) is -0.438. The molecule has 0 bridgehead atoms.